The zero-order valence-corrected chi connectivity index (χ0v) is 15.3. The highest BCUT2D eigenvalue weighted by Gasteiger charge is 2.25. The maximum absolute atomic E-state index is 3.37. The van der Waals surface area contributed by atoms with Crippen LogP contribution in [-0.2, 0) is 0 Å². The van der Waals surface area contributed by atoms with Gasteiger partial charge < -0.3 is 8.97 Å². The molecule has 0 aromatic heterocycles. The molecule has 0 radical (unpaired) electrons. The lowest BCUT2D eigenvalue weighted by molar-refractivity contribution is -0.890. The Morgan fingerprint density at radius 2 is 1.00 bits per heavy atom. The molecule has 2 aliphatic heterocycles. The summed E-state index contributed by atoms with van der Waals surface area (Å²) in [6.07, 6.45) is 5.40. The number of nitrogens with zero attached hydrogens (tertiary/aromatic N) is 2. The van der Waals surface area contributed by atoms with Gasteiger partial charge in [0.2, 0.25) is 0 Å². The van der Waals surface area contributed by atoms with Crippen molar-refractivity contribution in [3.63, 3.8) is 0 Å². The van der Waals surface area contributed by atoms with Gasteiger partial charge in [-0.2, -0.15) is 0 Å². The summed E-state index contributed by atoms with van der Waals surface area (Å²) in [5.41, 5.74) is 2.20. The summed E-state index contributed by atoms with van der Waals surface area (Å²) in [5, 5.41) is 0. The lowest BCUT2D eigenvalue weighted by atomic mass is 10.1. The molecular weight excluding hydrogens is 292 g/mol. The first-order chi connectivity index (χ1) is 11.6. The van der Waals surface area contributed by atoms with Crippen molar-refractivity contribution in [3.05, 3.63) is 35.4 Å². The minimum Gasteiger partial charge on any atom is -0.316 e. The number of quaternary nitrogens is 2. The van der Waals surface area contributed by atoms with Crippen molar-refractivity contribution in [1.29, 1.82) is 0 Å². The van der Waals surface area contributed by atoms with E-state index in [1.807, 2.05) is 0 Å². The molecule has 0 N–H and O–H groups in total. The molecule has 2 fully saturated rings. The average Bonchev–Trinajstić information content (AvgIpc) is 3.19. The van der Waals surface area contributed by atoms with E-state index in [1.54, 1.807) is 0 Å². The van der Waals surface area contributed by atoms with Crippen molar-refractivity contribution in [2.45, 2.75) is 25.7 Å². The Kier molecular flexibility index (Phi) is 5.30. The van der Waals surface area contributed by atoms with Gasteiger partial charge in [0.15, 0.2) is 0 Å². The third-order valence-corrected chi connectivity index (χ3v) is 5.56. The van der Waals surface area contributed by atoms with E-state index < -0.39 is 0 Å². The average molecular weight is 322 g/mol. The Morgan fingerprint density at radius 1 is 0.667 bits per heavy atom. The smallest absolute Gasteiger partial charge is 0.141 e. The molecule has 0 bridgehead atoms. The second kappa shape index (κ2) is 7.43. The molecule has 24 heavy (non-hydrogen) atoms. The van der Waals surface area contributed by atoms with Crippen LogP contribution in [0.4, 0.5) is 0 Å². The van der Waals surface area contributed by atoms with Crippen molar-refractivity contribution in [3.8, 4) is 23.7 Å². The molecule has 0 aliphatic carbocycles. The van der Waals surface area contributed by atoms with Gasteiger partial charge in [-0.05, 0) is 36.1 Å². The Labute approximate surface area is 147 Å². The van der Waals surface area contributed by atoms with E-state index in [0.29, 0.717) is 0 Å². The van der Waals surface area contributed by atoms with Crippen LogP contribution in [0, 0.1) is 23.7 Å². The second-order valence-electron chi connectivity index (χ2n) is 8.04. The Morgan fingerprint density at radius 3 is 1.33 bits per heavy atom. The molecule has 0 saturated carbocycles. The van der Waals surface area contributed by atoms with Crippen LogP contribution in [0.25, 0.3) is 0 Å². The Bertz CT molecular complexity index is 606. The zero-order valence-electron chi connectivity index (χ0n) is 15.3. The van der Waals surface area contributed by atoms with Gasteiger partial charge in [0.05, 0.1) is 40.3 Å². The van der Waals surface area contributed by atoms with Gasteiger partial charge in [-0.1, -0.05) is 11.8 Å². The van der Waals surface area contributed by atoms with E-state index >= 15 is 0 Å². The highest BCUT2D eigenvalue weighted by molar-refractivity contribution is 5.41. The molecule has 2 heterocycles. The molecule has 2 saturated heterocycles. The largest absolute Gasteiger partial charge is 0.316 e. The van der Waals surface area contributed by atoms with Crippen molar-refractivity contribution >= 4 is 0 Å². The summed E-state index contributed by atoms with van der Waals surface area (Å²) >= 11 is 0. The molecule has 3 rings (SSSR count). The summed E-state index contributed by atoms with van der Waals surface area (Å²) < 4.78 is 2.24. The van der Waals surface area contributed by atoms with E-state index in [1.165, 1.54) is 51.9 Å². The predicted octanol–water partition coefficient (Wildman–Crippen LogP) is 2.87. The van der Waals surface area contributed by atoms with E-state index in [4.69, 9.17) is 0 Å². The van der Waals surface area contributed by atoms with Gasteiger partial charge in [0.1, 0.15) is 13.1 Å². The number of hydrogen-bond donors (Lipinski definition) is 0. The quantitative estimate of drug-likeness (QED) is 0.580. The van der Waals surface area contributed by atoms with Crippen LogP contribution in [0.15, 0.2) is 24.3 Å². The van der Waals surface area contributed by atoms with Gasteiger partial charge in [-0.25, -0.2) is 0 Å². The highest BCUT2D eigenvalue weighted by atomic mass is 15.3. The first-order valence-corrected chi connectivity index (χ1v) is 9.32. The fourth-order valence-electron chi connectivity index (χ4n) is 3.82. The molecule has 2 aliphatic rings. The summed E-state index contributed by atoms with van der Waals surface area (Å²) in [5.74, 6) is 13.4. The zero-order chi connectivity index (χ0) is 16.9. The molecule has 2 nitrogen and oxygen atoms in total. The fraction of sp³-hybridized carbons (Fsp3) is 0.545. The molecule has 0 amide bonds. The van der Waals surface area contributed by atoms with Gasteiger partial charge in [-0.15, -0.1) is 0 Å². The van der Waals surface area contributed by atoms with E-state index in [2.05, 4.69) is 62.0 Å². The molecule has 0 spiro atoms. The summed E-state index contributed by atoms with van der Waals surface area (Å²) in [6.45, 7) is 7.05. The third-order valence-electron chi connectivity index (χ3n) is 5.56. The van der Waals surface area contributed by atoms with Gasteiger partial charge in [0.25, 0.3) is 0 Å². The minimum atomic E-state index is 0.970. The topological polar surface area (TPSA) is 0 Å². The first-order valence-electron chi connectivity index (χ1n) is 9.32. The number of rotatable bonds is 2. The van der Waals surface area contributed by atoms with Crippen molar-refractivity contribution in [1.82, 2.24) is 0 Å². The predicted molar refractivity (Wildman–Crippen MR) is 100 cm³/mol. The summed E-state index contributed by atoms with van der Waals surface area (Å²) in [6, 6.07) is 8.42. The van der Waals surface area contributed by atoms with E-state index in [-0.39, 0.29) is 0 Å². The van der Waals surface area contributed by atoms with Crippen LogP contribution in [0.5, 0.6) is 0 Å². The molecule has 1 aromatic rings. The van der Waals surface area contributed by atoms with Crippen LogP contribution < -0.4 is 0 Å². The molecular formula is C22H30N2+2. The maximum atomic E-state index is 3.37. The SMILES string of the molecule is C[N+]1(CC#Cc2ccc(C#CC[N+]3(C)CCCC3)cc2)CCCC1. The number of hydrogen-bond acceptors (Lipinski definition) is 0. The molecule has 2 heteroatoms. The molecule has 0 atom stereocenters. The first kappa shape index (κ1) is 17.1. The monoisotopic (exact) mass is 322 g/mol. The second-order valence-corrected chi connectivity index (χ2v) is 8.04. The highest BCUT2D eigenvalue weighted by Crippen LogP contribution is 2.16. The number of likely N-dealkylation sites (tertiary alicyclic amines) is 2. The molecule has 1 aromatic carbocycles. The molecule has 0 unspecified atom stereocenters. The van der Waals surface area contributed by atoms with Gasteiger partial charge >= 0.3 is 0 Å². The molecule has 126 valence electrons. The minimum absolute atomic E-state index is 0.970. The Balaban J connectivity index is 1.54. The Hall–Kier alpha value is -1.74. The van der Waals surface area contributed by atoms with Crippen molar-refractivity contribution in [2.75, 3.05) is 53.4 Å². The number of benzene rings is 1. The van der Waals surface area contributed by atoms with Crippen LogP contribution in [0.1, 0.15) is 36.8 Å². The maximum Gasteiger partial charge on any atom is 0.141 e. The van der Waals surface area contributed by atoms with Crippen LogP contribution in [0.3, 0.4) is 0 Å². The van der Waals surface area contributed by atoms with Gasteiger partial charge in [-0.3, -0.25) is 0 Å². The lowest BCUT2D eigenvalue weighted by Gasteiger charge is -2.26. The third kappa shape index (κ3) is 4.64. The normalized spacial score (nSPS) is 20.8. The van der Waals surface area contributed by atoms with Crippen LogP contribution in [-0.4, -0.2) is 62.3 Å². The standard InChI is InChI=1S/C22H30N2/c1-23(15-3-4-16-23)19-7-9-21-11-13-22(14-12-21)10-8-20-24(2)17-5-6-18-24/h11-14H,3-6,15-20H2,1-2H3/q+2. The van der Waals surface area contributed by atoms with Crippen LogP contribution in [0.2, 0.25) is 0 Å². The fourth-order valence-corrected chi connectivity index (χ4v) is 3.82. The van der Waals surface area contributed by atoms with Crippen molar-refractivity contribution in [2.24, 2.45) is 0 Å². The summed E-state index contributed by atoms with van der Waals surface area (Å²) in [7, 11) is 4.65. The van der Waals surface area contributed by atoms with Crippen molar-refractivity contribution < 1.29 is 8.97 Å². The lowest BCUT2D eigenvalue weighted by Crippen LogP contribution is -2.40. The van der Waals surface area contributed by atoms with E-state index in [0.717, 1.165) is 33.2 Å². The summed E-state index contributed by atoms with van der Waals surface area (Å²) in [4.78, 5) is 0. The van der Waals surface area contributed by atoms with E-state index in [9.17, 15) is 0 Å². The van der Waals surface area contributed by atoms with Crippen LogP contribution >= 0.6 is 0 Å². The van der Waals surface area contributed by atoms with Gasteiger partial charge in [0, 0.05) is 36.8 Å².